The van der Waals surface area contributed by atoms with E-state index < -0.39 is 0 Å². The number of aromatic nitrogens is 1. The Hall–Kier alpha value is -2.40. The maximum absolute atomic E-state index is 12.4. The Kier molecular flexibility index (Phi) is 5.93. The molecule has 0 fully saturated rings. The second-order valence-electron chi connectivity index (χ2n) is 5.95. The SMILES string of the molecule is Cc1cc(Cl)ccc1NC(=O)c1cc(C(=O)NCC(C)C)ccn1. The summed E-state index contributed by atoms with van der Waals surface area (Å²) >= 11 is 5.91. The first-order valence-corrected chi connectivity index (χ1v) is 8.06. The number of nitrogens with zero attached hydrogens (tertiary/aromatic N) is 1. The molecule has 0 aliphatic rings. The highest BCUT2D eigenvalue weighted by Crippen LogP contribution is 2.20. The van der Waals surface area contributed by atoms with E-state index in [4.69, 9.17) is 11.6 Å². The fourth-order valence-electron chi connectivity index (χ4n) is 2.05. The average molecular weight is 346 g/mol. The Balaban J connectivity index is 2.12. The summed E-state index contributed by atoms with van der Waals surface area (Å²) in [5.41, 5.74) is 2.09. The summed E-state index contributed by atoms with van der Waals surface area (Å²) in [5.74, 6) is -0.242. The lowest BCUT2D eigenvalue weighted by atomic mass is 10.1. The van der Waals surface area contributed by atoms with Gasteiger partial charge in [0.15, 0.2) is 0 Å². The van der Waals surface area contributed by atoms with Gasteiger partial charge in [0, 0.05) is 29.0 Å². The molecule has 2 rings (SSSR count). The number of amides is 2. The van der Waals surface area contributed by atoms with E-state index in [1.165, 1.54) is 12.3 Å². The van der Waals surface area contributed by atoms with E-state index in [0.29, 0.717) is 28.7 Å². The van der Waals surface area contributed by atoms with Crippen molar-refractivity contribution in [3.63, 3.8) is 0 Å². The Morgan fingerprint density at radius 1 is 1.17 bits per heavy atom. The van der Waals surface area contributed by atoms with Gasteiger partial charge in [-0.05, 0) is 48.7 Å². The van der Waals surface area contributed by atoms with Crippen LogP contribution in [-0.2, 0) is 0 Å². The molecule has 0 aliphatic carbocycles. The standard InChI is InChI=1S/C18H20ClN3O2/c1-11(2)10-21-17(23)13-6-7-20-16(9-13)18(24)22-15-5-4-14(19)8-12(15)3/h4-9,11H,10H2,1-3H3,(H,21,23)(H,22,24). The molecule has 0 atom stereocenters. The second kappa shape index (κ2) is 7.93. The number of nitrogens with one attached hydrogen (secondary N) is 2. The van der Waals surface area contributed by atoms with Crippen molar-refractivity contribution in [2.24, 2.45) is 5.92 Å². The highest BCUT2D eigenvalue weighted by Gasteiger charge is 2.13. The van der Waals surface area contributed by atoms with Crippen molar-refractivity contribution in [3.05, 3.63) is 58.4 Å². The van der Waals surface area contributed by atoms with Crippen molar-refractivity contribution >= 4 is 29.1 Å². The first-order valence-electron chi connectivity index (χ1n) is 7.68. The molecular formula is C18H20ClN3O2. The molecule has 0 spiro atoms. The van der Waals surface area contributed by atoms with Crippen molar-refractivity contribution < 1.29 is 9.59 Å². The molecule has 2 amide bonds. The van der Waals surface area contributed by atoms with E-state index >= 15 is 0 Å². The Bertz CT molecular complexity index is 760. The van der Waals surface area contributed by atoms with Gasteiger partial charge in [0.05, 0.1) is 0 Å². The summed E-state index contributed by atoms with van der Waals surface area (Å²) in [4.78, 5) is 28.5. The third-order valence-corrected chi connectivity index (χ3v) is 3.60. The summed E-state index contributed by atoms with van der Waals surface area (Å²) in [6.45, 7) is 6.46. The van der Waals surface area contributed by atoms with E-state index in [2.05, 4.69) is 15.6 Å². The molecule has 0 saturated carbocycles. The Morgan fingerprint density at radius 2 is 1.92 bits per heavy atom. The number of aryl methyl sites for hydroxylation is 1. The molecule has 1 heterocycles. The van der Waals surface area contributed by atoms with Crippen LogP contribution in [-0.4, -0.2) is 23.3 Å². The maximum Gasteiger partial charge on any atom is 0.274 e. The van der Waals surface area contributed by atoms with Gasteiger partial charge in [-0.15, -0.1) is 0 Å². The first-order chi connectivity index (χ1) is 11.4. The second-order valence-corrected chi connectivity index (χ2v) is 6.38. The molecule has 126 valence electrons. The summed E-state index contributed by atoms with van der Waals surface area (Å²) in [7, 11) is 0. The van der Waals surface area contributed by atoms with Crippen LogP contribution in [0.3, 0.4) is 0 Å². The van der Waals surface area contributed by atoms with Gasteiger partial charge in [-0.25, -0.2) is 0 Å². The van der Waals surface area contributed by atoms with Gasteiger partial charge in [0.25, 0.3) is 11.8 Å². The smallest absolute Gasteiger partial charge is 0.274 e. The molecule has 24 heavy (non-hydrogen) atoms. The van der Waals surface area contributed by atoms with Gasteiger partial charge in [0.1, 0.15) is 5.69 Å². The normalized spacial score (nSPS) is 10.5. The minimum Gasteiger partial charge on any atom is -0.352 e. The fraction of sp³-hybridized carbons (Fsp3) is 0.278. The van der Waals surface area contributed by atoms with E-state index in [0.717, 1.165) is 5.56 Å². The molecule has 1 aromatic heterocycles. The van der Waals surface area contributed by atoms with E-state index in [1.807, 2.05) is 20.8 Å². The lowest BCUT2D eigenvalue weighted by molar-refractivity contribution is 0.0949. The minimum atomic E-state index is -0.376. The number of halogens is 1. The molecule has 0 radical (unpaired) electrons. The van der Waals surface area contributed by atoms with Crippen LogP contribution in [0.2, 0.25) is 5.02 Å². The lowest BCUT2D eigenvalue weighted by Crippen LogP contribution is -2.27. The fourth-order valence-corrected chi connectivity index (χ4v) is 2.28. The zero-order valence-electron chi connectivity index (χ0n) is 13.9. The van der Waals surface area contributed by atoms with Gasteiger partial charge in [0.2, 0.25) is 0 Å². The minimum absolute atomic E-state index is 0.182. The number of pyridine rings is 1. The van der Waals surface area contributed by atoms with Gasteiger partial charge < -0.3 is 10.6 Å². The Labute approximate surface area is 146 Å². The number of rotatable bonds is 5. The van der Waals surface area contributed by atoms with Crippen LogP contribution in [0.1, 0.15) is 40.3 Å². The molecule has 2 N–H and O–H groups in total. The molecule has 0 unspecified atom stereocenters. The highest BCUT2D eigenvalue weighted by molar-refractivity contribution is 6.30. The zero-order chi connectivity index (χ0) is 17.7. The summed E-state index contributed by atoms with van der Waals surface area (Å²) < 4.78 is 0. The van der Waals surface area contributed by atoms with Crippen LogP contribution >= 0.6 is 11.6 Å². The van der Waals surface area contributed by atoms with Crippen molar-refractivity contribution in [3.8, 4) is 0 Å². The summed E-state index contributed by atoms with van der Waals surface area (Å²) in [6.07, 6.45) is 1.45. The molecule has 0 aliphatic heterocycles. The summed E-state index contributed by atoms with van der Waals surface area (Å²) in [6, 6.07) is 8.26. The predicted molar refractivity (Wildman–Crippen MR) is 95.6 cm³/mol. The van der Waals surface area contributed by atoms with Gasteiger partial charge in [-0.2, -0.15) is 0 Å². The van der Waals surface area contributed by atoms with Crippen LogP contribution < -0.4 is 10.6 Å². The maximum atomic E-state index is 12.4. The molecule has 2 aromatic rings. The molecule has 1 aromatic carbocycles. The van der Waals surface area contributed by atoms with Gasteiger partial charge in [-0.1, -0.05) is 25.4 Å². The van der Waals surface area contributed by atoms with Crippen LogP contribution in [0.4, 0.5) is 5.69 Å². The van der Waals surface area contributed by atoms with Crippen LogP contribution in [0.5, 0.6) is 0 Å². The average Bonchev–Trinajstić information content (AvgIpc) is 2.55. The topological polar surface area (TPSA) is 71.1 Å². The van der Waals surface area contributed by atoms with Crippen molar-refractivity contribution in [1.82, 2.24) is 10.3 Å². The number of anilines is 1. The molecule has 0 bridgehead atoms. The number of hydrogen-bond donors (Lipinski definition) is 2. The van der Waals surface area contributed by atoms with Crippen LogP contribution in [0, 0.1) is 12.8 Å². The number of benzene rings is 1. The van der Waals surface area contributed by atoms with Crippen LogP contribution in [0.25, 0.3) is 0 Å². The third kappa shape index (κ3) is 4.80. The number of carbonyl (C=O) groups is 2. The number of carbonyl (C=O) groups excluding carboxylic acids is 2. The van der Waals surface area contributed by atoms with Crippen molar-refractivity contribution in [1.29, 1.82) is 0 Å². The molecule has 6 heteroatoms. The monoisotopic (exact) mass is 345 g/mol. The van der Waals surface area contributed by atoms with E-state index in [9.17, 15) is 9.59 Å². The Morgan fingerprint density at radius 3 is 2.58 bits per heavy atom. The lowest BCUT2D eigenvalue weighted by Gasteiger charge is -2.10. The van der Waals surface area contributed by atoms with Crippen molar-refractivity contribution in [2.75, 3.05) is 11.9 Å². The van der Waals surface area contributed by atoms with Gasteiger partial charge in [-0.3, -0.25) is 14.6 Å². The number of hydrogen-bond acceptors (Lipinski definition) is 3. The highest BCUT2D eigenvalue weighted by atomic mass is 35.5. The zero-order valence-corrected chi connectivity index (χ0v) is 14.6. The quantitative estimate of drug-likeness (QED) is 0.868. The molecular weight excluding hydrogens is 326 g/mol. The molecule has 0 saturated heterocycles. The van der Waals surface area contributed by atoms with E-state index in [-0.39, 0.29) is 17.5 Å². The first kappa shape index (κ1) is 17.9. The largest absolute Gasteiger partial charge is 0.352 e. The third-order valence-electron chi connectivity index (χ3n) is 3.36. The van der Waals surface area contributed by atoms with E-state index in [1.54, 1.807) is 24.3 Å². The van der Waals surface area contributed by atoms with Crippen LogP contribution in [0.15, 0.2) is 36.5 Å². The predicted octanol–water partition coefficient (Wildman–Crippen LogP) is 3.68. The van der Waals surface area contributed by atoms with Gasteiger partial charge >= 0.3 is 0 Å². The summed E-state index contributed by atoms with van der Waals surface area (Å²) in [5, 5.41) is 6.20. The van der Waals surface area contributed by atoms with Crippen molar-refractivity contribution in [2.45, 2.75) is 20.8 Å². The molecule has 5 nitrogen and oxygen atoms in total.